The third-order valence-corrected chi connectivity index (χ3v) is 4.56. The summed E-state index contributed by atoms with van der Waals surface area (Å²) in [5.74, 6) is -0.0336. The van der Waals surface area contributed by atoms with Crippen LogP contribution in [0.5, 0.6) is 5.75 Å². The van der Waals surface area contributed by atoms with Crippen molar-refractivity contribution in [1.82, 2.24) is 19.9 Å². The van der Waals surface area contributed by atoms with Gasteiger partial charge in [-0.05, 0) is 36.4 Å². The maximum absolute atomic E-state index is 13.7. The molecule has 0 saturated carbocycles. The van der Waals surface area contributed by atoms with Crippen LogP contribution in [0.4, 0.5) is 13.2 Å². The molecule has 0 saturated heterocycles. The summed E-state index contributed by atoms with van der Waals surface area (Å²) >= 11 is 0. The molecule has 0 radical (unpaired) electrons. The van der Waals surface area contributed by atoms with Gasteiger partial charge >= 0.3 is 6.18 Å². The number of amides is 1. The molecule has 7 nitrogen and oxygen atoms in total. The van der Waals surface area contributed by atoms with E-state index in [4.69, 9.17) is 4.74 Å². The van der Waals surface area contributed by atoms with Crippen molar-refractivity contribution in [1.29, 1.82) is 0 Å². The van der Waals surface area contributed by atoms with E-state index in [2.05, 4.69) is 20.4 Å². The number of H-pyrrole nitrogens is 1. The molecular formula is C21H17F3N5O2+. The number of ether oxygens (including phenoxy) is 1. The topological polar surface area (TPSA) is 82.7 Å². The van der Waals surface area contributed by atoms with E-state index in [1.54, 1.807) is 48.8 Å². The first-order chi connectivity index (χ1) is 14.8. The van der Waals surface area contributed by atoms with Crippen molar-refractivity contribution in [3.05, 3.63) is 77.9 Å². The average molecular weight is 428 g/mol. The maximum atomic E-state index is 13.7. The Morgan fingerprint density at radius 3 is 2.61 bits per heavy atom. The summed E-state index contributed by atoms with van der Waals surface area (Å²) in [6, 6.07) is 12.2. The lowest BCUT2D eigenvalue weighted by molar-refractivity contribution is -0.378. The number of benzene rings is 1. The zero-order chi connectivity index (χ0) is 22.0. The normalized spacial score (nSPS) is 11.5. The van der Waals surface area contributed by atoms with Crippen LogP contribution in [-0.2, 0) is 12.7 Å². The molecule has 0 aliphatic carbocycles. The minimum atomic E-state index is -4.69. The fourth-order valence-corrected chi connectivity index (χ4v) is 3.01. The molecule has 1 aromatic carbocycles. The Hall–Kier alpha value is -3.95. The predicted molar refractivity (Wildman–Crippen MR) is 104 cm³/mol. The summed E-state index contributed by atoms with van der Waals surface area (Å²) in [6.45, 7) is 0.195. The van der Waals surface area contributed by atoms with E-state index in [1.807, 2.05) is 0 Å². The van der Waals surface area contributed by atoms with E-state index in [9.17, 15) is 18.0 Å². The molecule has 3 heterocycles. The molecular weight excluding hydrogens is 411 g/mol. The third kappa shape index (κ3) is 4.32. The number of rotatable bonds is 5. The first-order valence-electron chi connectivity index (χ1n) is 9.21. The van der Waals surface area contributed by atoms with Gasteiger partial charge in [0.2, 0.25) is 0 Å². The lowest BCUT2D eigenvalue weighted by atomic mass is 10.1. The molecule has 4 aromatic rings. The summed E-state index contributed by atoms with van der Waals surface area (Å²) in [7, 11) is 1.50. The molecule has 4 rings (SSSR count). The number of halogens is 3. The lowest BCUT2D eigenvalue weighted by Crippen LogP contribution is -2.24. The quantitative estimate of drug-likeness (QED) is 0.529. The number of methoxy groups -OCH3 is 1. The molecule has 158 valence electrons. The first-order valence-corrected chi connectivity index (χ1v) is 9.21. The van der Waals surface area contributed by atoms with Crippen LogP contribution in [0.2, 0.25) is 0 Å². The molecule has 0 spiro atoms. The zero-order valence-corrected chi connectivity index (χ0v) is 16.3. The van der Waals surface area contributed by atoms with Crippen LogP contribution in [0, 0.1) is 0 Å². The Morgan fingerprint density at radius 1 is 1.19 bits per heavy atom. The van der Waals surface area contributed by atoms with Crippen LogP contribution in [0.25, 0.3) is 16.9 Å². The van der Waals surface area contributed by atoms with Gasteiger partial charge in [-0.25, -0.2) is 14.5 Å². The number of nitrogens with one attached hydrogen (secondary N) is 2. The van der Waals surface area contributed by atoms with Crippen molar-refractivity contribution < 1.29 is 27.7 Å². The summed E-state index contributed by atoms with van der Waals surface area (Å²) < 4.78 is 46.8. The largest absolute Gasteiger partial charge is 0.497 e. The number of hydrogen-bond donors (Lipinski definition) is 1. The number of aromatic amines is 1. The van der Waals surface area contributed by atoms with Gasteiger partial charge in [-0.3, -0.25) is 4.79 Å². The predicted octanol–water partition coefficient (Wildman–Crippen LogP) is 3.17. The molecule has 0 aliphatic rings. The number of alkyl halides is 3. The van der Waals surface area contributed by atoms with Gasteiger partial charge in [0.1, 0.15) is 5.75 Å². The smallest absolute Gasteiger partial charge is 0.433 e. The van der Waals surface area contributed by atoms with Crippen LogP contribution in [0.1, 0.15) is 21.7 Å². The fraction of sp³-hybridized carbons (Fsp3) is 0.143. The van der Waals surface area contributed by atoms with E-state index in [0.717, 1.165) is 11.6 Å². The highest BCUT2D eigenvalue weighted by Gasteiger charge is 2.35. The number of fused-ring (bicyclic) bond motifs is 1. The molecule has 10 heteroatoms. The van der Waals surface area contributed by atoms with Gasteiger partial charge in [0.25, 0.3) is 5.91 Å². The summed E-state index contributed by atoms with van der Waals surface area (Å²) in [4.78, 5) is 19.6. The van der Waals surface area contributed by atoms with E-state index in [-0.39, 0.29) is 23.6 Å². The number of carbonyl (C=O) groups excluding carboxylic acids is 1. The van der Waals surface area contributed by atoms with E-state index in [0.29, 0.717) is 15.8 Å². The standard InChI is InChI=1S/C21H16F3N5O2/c1-31-15-6-4-14(5-7-15)16-9-18(21(22,23)24)29-19(27-16)10-17(28-29)20(30)26-12-13-3-2-8-25-11-13/h2-11H,12H2,1H3,(H,26,30)/p+1. The Morgan fingerprint density at radius 2 is 1.97 bits per heavy atom. The van der Waals surface area contributed by atoms with Gasteiger partial charge in [-0.1, -0.05) is 0 Å². The van der Waals surface area contributed by atoms with Gasteiger partial charge in [-0.2, -0.15) is 18.3 Å². The highest BCUT2D eigenvalue weighted by Crippen LogP contribution is 2.32. The molecule has 31 heavy (non-hydrogen) atoms. The highest BCUT2D eigenvalue weighted by molar-refractivity contribution is 5.93. The number of carbonyl (C=O) groups is 1. The Balaban J connectivity index is 1.70. The highest BCUT2D eigenvalue weighted by atomic mass is 19.4. The average Bonchev–Trinajstić information content (AvgIpc) is 3.21. The number of aromatic nitrogens is 4. The van der Waals surface area contributed by atoms with Crippen molar-refractivity contribution in [3.63, 3.8) is 0 Å². The SMILES string of the molecule is COc1ccc(-c2cc(C(F)(F)F)n3nc(C(=O)NCc4ccc[nH+]c4)cc3n2)cc1. The van der Waals surface area contributed by atoms with Crippen molar-refractivity contribution >= 4 is 11.6 Å². The summed E-state index contributed by atoms with van der Waals surface area (Å²) in [6.07, 6.45) is -1.27. The fourth-order valence-electron chi connectivity index (χ4n) is 3.01. The van der Waals surface area contributed by atoms with Gasteiger partial charge in [0.15, 0.2) is 29.4 Å². The number of nitrogens with zero attached hydrogens (tertiary/aromatic N) is 3. The van der Waals surface area contributed by atoms with Crippen molar-refractivity contribution in [2.45, 2.75) is 12.7 Å². The minimum Gasteiger partial charge on any atom is -0.497 e. The van der Waals surface area contributed by atoms with E-state index in [1.165, 1.54) is 13.2 Å². The Kier molecular flexibility index (Phi) is 5.28. The third-order valence-electron chi connectivity index (χ3n) is 4.56. The number of hydrogen-bond acceptors (Lipinski definition) is 4. The van der Waals surface area contributed by atoms with Gasteiger partial charge in [0, 0.05) is 29.8 Å². The van der Waals surface area contributed by atoms with Crippen LogP contribution in [0.15, 0.2) is 60.9 Å². The minimum absolute atomic E-state index is 0.0844. The molecule has 3 aromatic heterocycles. The molecule has 0 aliphatic heterocycles. The molecule has 0 fully saturated rings. The van der Waals surface area contributed by atoms with Gasteiger partial charge in [-0.15, -0.1) is 0 Å². The molecule has 2 N–H and O–H groups in total. The van der Waals surface area contributed by atoms with E-state index < -0.39 is 17.8 Å². The second kappa shape index (κ2) is 8.05. The molecule has 0 unspecified atom stereocenters. The van der Waals surface area contributed by atoms with Crippen LogP contribution in [0.3, 0.4) is 0 Å². The second-order valence-corrected chi connectivity index (χ2v) is 6.65. The molecule has 0 bridgehead atoms. The van der Waals surface area contributed by atoms with Gasteiger partial charge in [0.05, 0.1) is 12.8 Å². The molecule has 1 amide bonds. The zero-order valence-electron chi connectivity index (χ0n) is 16.3. The first kappa shape index (κ1) is 20.3. The number of pyridine rings is 1. The van der Waals surface area contributed by atoms with E-state index >= 15 is 0 Å². The monoisotopic (exact) mass is 428 g/mol. The Labute approximate surface area is 174 Å². The summed E-state index contributed by atoms with van der Waals surface area (Å²) in [5.41, 5.74) is 0.106. The summed E-state index contributed by atoms with van der Waals surface area (Å²) in [5, 5.41) is 6.48. The van der Waals surface area contributed by atoms with Crippen LogP contribution >= 0.6 is 0 Å². The lowest BCUT2D eigenvalue weighted by Gasteiger charge is -2.11. The molecule has 0 atom stereocenters. The Bertz CT molecular complexity index is 1220. The van der Waals surface area contributed by atoms with Crippen molar-refractivity contribution in [2.75, 3.05) is 7.11 Å². The van der Waals surface area contributed by atoms with Crippen molar-refractivity contribution in [2.24, 2.45) is 0 Å². The maximum Gasteiger partial charge on any atom is 0.433 e. The van der Waals surface area contributed by atoms with Crippen molar-refractivity contribution in [3.8, 4) is 17.0 Å². The second-order valence-electron chi connectivity index (χ2n) is 6.65. The van der Waals surface area contributed by atoms with Crippen LogP contribution < -0.4 is 15.0 Å². The van der Waals surface area contributed by atoms with Crippen LogP contribution in [-0.4, -0.2) is 27.6 Å². The van der Waals surface area contributed by atoms with Gasteiger partial charge < -0.3 is 10.1 Å².